The maximum absolute atomic E-state index is 13.8. The Hall–Kier alpha value is -0.930. The maximum Gasteiger partial charge on any atom is 0.129 e. The molecule has 0 bridgehead atoms. The first-order valence-electron chi connectivity index (χ1n) is 8.28. The van der Waals surface area contributed by atoms with Gasteiger partial charge in [0.05, 0.1) is 6.10 Å². The molecule has 2 nitrogen and oxygen atoms in total. The monoisotopic (exact) mass is 291 g/mol. The van der Waals surface area contributed by atoms with Gasteiger partial charge in [-0.1, -0.05) is 25.1 Å². The number of halogens is 1. The van der Waals surface area contributed by atoms with Crippen LogP contribution in [0, 0.1) is 23.6 Å². The van der Waals surface area contributed by atoms with Gasteiger partial charge in [0.15, 0.2) is 0 Å². The molecule has 1 aromatic rings. The molecule has 0 heterocycles. The molecule has 2 aliphatic carbocycles. The molecule has 3 heteroatoms. The van der Waals surface area contributed by atoms with Crippen LogP contribution in [-0.4, -0.2) is 29.6 Å². The quantitative estimate of drug-likeness (QED) is 0.791. The van der Waals surface area contributed by atoms with E-state index in [1.54, 1.807) is 18.2 Å². The summed E-state index contributed by atoms with van der Waals surface area (Å²) in [5.74, 6) is 1.48. The summed E-state index contributed by atoms with van der Waals surface area (Å²) in [4.78, 5) is 2.50. The number of hydrogen-bond donors (Lipinski definition) is 1. The van der Waals surface area contributed by atoms with E-state index < -0.39 is 6.10 Å². The summed E-state index contributed by atoms with van der Waals surface area (Å²) in [5.41, 5.74) is 0.433. The van der Waals surface area contributed by atoms with Crippen molar-refractivity contribution in [2.24, 2.45) is 17.8 Å². The van der Waals surface area contributed by atoms with Crippen molar-refractivity contribution in [1.82, 2.24) is 4.90 Å². The lowest BCUT2D eigenvalue weighted by molar-refractivity contribution is 0.0822. The largest absolute Gasteiger partial charge is 0.388 e. The lowest BCUT2D eigenvalue weighted by atomic mass is 9.96. The van der Waals surface area contributed by atoms with Crippen molar-refractivity contribution < 1.29 is 9.50 Å². The zero-order valence-electron chi connectivity index (χ0n) is 12.8. The number of nitrogens with zero attached hydrogens (tertiary/aromatic N) is 1. The van der Waals surface area contributed by atoms with E-state index in [2.05, 4.69) is 4.90 Å². The minimum Gasteiger partial charge on any atom is -0.388 e. The first-order valence-corrected chi connectivity index (χ1v) is 8.28. The maximum atomic E-state index is 13.8. The Morgan fingerprint density at radius 2 is 1.71 bits per heavy atom. The second-order valence-electron chi connectivity index (χ2n) is 7.05. The van der Waals surface area contributed by atoms with Crippen LogP contribution in [0.25, 0.3) is 0 Å². The van der Waals surface area contributed by atoms with Crippen LogP contribution < -0.4 is 0 Å². The first-order chi connectivity index (χ1) is 10.1. The molecule has 0 radical (unpaired) electrons. The molecule has 0 amide bonds. The minimum absolute atomic E-state index is 0.0550. The highest BCUT2D eigenvalue weighted by Crippen LogP contribution is 2.35. The third-order valence-corrected chi connectivity index (χ3v) is 4.74. The standard InChI is InChI=1S/C18H26FNO/c1-13(18(21)16-4-2-3-5-17(16)19)10-20(11-14-6-7-14)12-15-8-9-15/h2-5,13-15,18,21H,6-12H2,1H3. The number of benzene rings is 1. The second kappa shape index (κ2) is 6.45. The molecule has 0 saturated heterocycles. The topological polar surface area (TPSA) is 23.5 Å². The smallest absolute Gasteiger partial charge is 0.129 e. The summed E-state index contributed by atoms with van der Waals surface area (Å²) in [6.07, 6.45) is 4.69. The SMILES string of the molecule is CC(CN(CC1CC1)CC1CC1)C(O)c1ccccc1F. The third-order valence-electron chi connectivity index (χ3n) is 4.74. The predicted octanol–water partition coefficient (Wildman–Crippen LogP) is 3.62. The summed E-state index contributed by atoms with van der Waals surface area (Å²) in [5, 5.41) is 10.5. The normalized spacial score (nSPS) is 21.5. The molecule has 0 aliphatic heterocycles. The Morgan fingerprint density at radius 3 is 2.24 bits per heavy atom. The number of aliphatic hydroxyl groups excluding tert-OH is 1. The highest BCUT2D eigenvalue weighted by Gasteiger charge is 2.31. The van der Waals surface area contributed by atoms with Crippen molar-refractivity contribution >= 4 is 0 Å². The van der Waals surface area contributed by atoms with E-state index in [1.807, 2.05) is 6.92 Å². The van der Waals surface area contributed by atoms with E-state index in [-0.39, 0.29) is 11.7 Å². The number of rotatable bonds is 8. The summed E-state index contributed by atoms with van der Waals surface area (Å²) >= 11 is 0. The Kier molecular flexibility index (Phi) is 4.60. The molecule has 1 aromatic carbocycles. The van der Waals surface area contributed by atoms with E-state index in [9.17, 15) is 9.50 Å². The van der Waals surface area contributed by atoms with Gasteiger partial charge >= 0.3 is 0 Å². The molecule has 2 atom stereocenters. The van der Waals surface area contributed by atoms with Crippen molar-refractivity contribution in [3.8, 4) is 0 Å². The van der Waals surface area contributed by atoms with Crippen molar-refractivity contribution in [2.75, 3.05) is 19.6 Å². The van der Waals surface area contributed by atoms with Crippen molar-refractivity contribution in [2.45, 2.75) is 38.7 Å². The van der Waals surface area contributed by atoms with Gasteiger partial charge in [0, 0.05) is 25.2 Å². The van der Waals surface area contributed by atoms with Crippen LogP contribution in [-0.2, 0) is 0 Å². The van der Waals surface area contributed by atoms with Gasteiger partial charge < -0.3 is 10.0 Å². The molecule has 2 aliphatic rings. The summed E-state index contributed by atoms with van der Waals surface area (Å²) in [7, 11) is 0. The summed E-state index contributed by atoms with van der Waals surface area (Å²) in [6.45, 7) is 5.21. The highest BCUT2D eigenvalue weighted by atomic mass is 19.1. The Morgan fingerprint density at radius 1 is 1.14 bits per heavy atom. The number of hydrogen-bond acceptors (Lipinski definition) is 2. The van der Waals surface area contributed by atoms with Crippen molar-refractivity contribution in [3.63, 3.8) is 0 Å². The van der Waals surface area contributed by atoms with E-state index in [1.165, 1.54) is 31.7 Å². The molecule has 116 valence electrons. The van der Waals surface area contributed by atoms with Gasteiger partial charge in [0.2, 0.25) is 0 Å². The van der Waals surface area contributed by atoms with Gasteiger partial charge in [-0.05, 0) is 49.5 Å². The molecule has 2 unspecified atom stereocenters. The lowest BCUT2D eigenvalue weighted by Crippen LogP contribution is -2.34. The van der Waals surface area contributed by atoms with Crippen molar-refractivity contribution in [1.29, 1.82) is 0 Å². The van der Waals surface area contributed by atoms with Crippen LogP contribution in [0.1, 0.15) is 44.3 Å². The van der Waals surface area contributed by atoms with Gasteiger partial charge in [0.1, 0.15) is 5.82 Å². The second-order valence-corrected chi connectivity index (χ2v) is 7.05. The molecular weight excluding hydrogens is 265 g/mol. The fraction of sp³-hybridized carbons (Fsp3) is 0.667. The van der Waals surface area contributed by atoms with Gasteiger partial charge in [-0.15, -0.1) is 0 Å². The molecular formula is C18H26FNO. The van der Waals surface area contributed by atoms with Crippen LogP contribution >= 0.6 is 0 Å². The fourth-order valence-corrected chi connectivity index (χ4v) is 3.08. The molecule has 1 N–H and O–H groups in total. The van der Waals surface area contributed by atoms with E-state index in [4.69, 9.17) is 0 Å². The first kappa shape index (κ1) is 15.0. The van der Waals surface area contributed by atoms with Crippen LogP contribution in [0.15, 0.2) is 24.3 Å². The average molecular weight is 291 g/mol. The van der Waals surface area contributed by atoms with Gasteiger partial charge in [-0.2, -0.15) is 0 Å². The van der Waals surface area contributed by atoms with Gasteiger partial charge in [-0.3, -0.25) is 0 Å². The van der Waals surface area contributed by atoms with Crippen LogP contribution in [0.4, 0.5) is 4.39 Å². The van der Waals surface area contributed by atoms with Crippen LogP contribution in [0.5, 0.6) is 0 Å². The van der Waals surface area contributed by atoms with Crippen molar-refractivity contribution in [3.05, 3.63) is 35.6 Å². The molecule has 0 aromatic heterocycles. The van der Waals surface area contributed by atoms with Gasteiger partial charge in [-0.25, -0.2) is 4.39 Å². The zero-order chi connectivity index (χ0) is 14.8. The Labute approximate surface area is 127 Å². The minimum atomic E-state index is -0.716. The summed E-state index contributed by atoms with van der Waals surface area (Å²) in [6, 6.07) is 6.59. The van der Waals surface area contributed by atoms with E-state index >= 15 is 0 Å². The van der Waals surface area contributed by atoms with E-state index in [0.29, 0.717) is 5.56 Å². The van der Waals surface area contributed by atoms with Gasteiger partial charge in [0.25, 0.3) is 0 Å². The molecule has 0 spiro atoms. The fourth-order valence-electron chi connectivity index (χ4n) is 3.08. The lowest BCUT2D eigenvalue weighted by Gasteiger charge is -2.28. The Balaban J connectivity index is 1.59. The third kappa shape index (κ3) is 4.27. The highest BCUT2D eigenvalue weighted by molar-refractivity contribution is 5.20. The van der Waals surface area contributed by atoms with Crippen LogP contribution in [0.3, 0.4) is 0 Å². The van der Waals surface area contributed by atoms with E-state index in [0.717, 1.165) is 31.5 Å². The molecule has 21 heavy (non-hydrogen) atoms. The predicted molar refractivity (Wildman–Crippen MR) is 82.4 cm³/mol. The zero-order valence-corrected chi connectivity index (χ0v) is 12.8. The molecule has 2 fully saturated rings. The summed E-state index contributed by atoms with van der Waals surface area (Å²) < 4.78 is 13.8. The number of aliphatic hydroxyl groups is 1. The average Bonchev–Trinajstić information content (AvgIpc) is 3.35. The Bertz CT molecular complexity index is 456. The van der Waals surface area contributed by atoms with Crippen LogP contribution in [0.2, 0.25) is 0 Å². The molecule has 3 rings (SSSR count). The molecule has 2 saturated carbocycles.